The molecule has 1 aliphatic heterocycles. The van der Waals surface area contributed by atoms with Crippen molar-refractivity contribution in [3.8, 4) is 0 Å². The first-order valence-electron chi connectivity index (χ1n) is 5.35. The molecule has 0 aromatic carbocycles. The molecule has 1 unspecified atom stereocenters. The number of nitrogens with zero attached hydrogens (tertiary/aromatic N) is 2. The Balaban J connectivity index is 2.32. The Labute approximate surface area is 89.2 Å². The normalized spacial score (nSPS) is 21.7. The Morgan fingerprint density at radius 3 is 3.00 bits per heavy atom. The number of hydrogen-bond donors (Lipinski definition) is 0. The molecule has 15 heavy (non-hydrogen) atoms. The first-order valence-corrected chi connectivity index (χ1v) is 5.35. The molecule has 0 radical (unpaired) electrons. The van der Waals surface area contributed by atoms with Gasteiger partial charge in [-0.25, -0.2) is 0 Å². The zero-order valence-corrected chi connectivity index (χ0v) is 9.36. The minimum Gasteiger partial charge on any atom is -0.361 e. The Bertz CT molecular complexity index is 370. The number of fused-ring (bicyclic) bond motifs is 1. The number of amides is 1. The van der Waals surface area contributed by atoms with Crippen molar-refractivity contribution in [1.82, 2.24) is 10.1 Å². The zero-order chi connectivity index (χ0) is 11.0. The van der Waals surface area contributed by atoms with Gasteiger partial charge in [0.2, 0.25) is 5.91 Å². The molecule has 0 saturated heterocycles. The van der Waals surface area contributed by atoms with Crippen LogP contribution in [0.2, 0.25) is 0 Å². The van der Waals surface area contributed by atoms with Crippen molar-refractivity contribution in [2.75, 3.05) is 6.54 Å². The summed E-state index contributed by atoms with van der Waals surface area (Å²) >= 11 is 0. The van der Waals surface area contributed by atoms with Crippen LogP contribution < -0.4 is 0 Å². The summed E-state index contributed by atoms with van der Waals surface area (Å²) in [6, 6.07) is 0.247. The van der Waals surface area contributed by atoms with E-state index in [1.165, 1.54) is 0 Å². The van der Waals surface area contributed by atoms with E-state index in [4.69, 9.17) is 4.52 Å². The van der Waals surface area contributed by atoms with Crippen LogP contribution >= 0.6 is 0 Å². The Kier molecular flexibility index (Phi) is 2.50. The van der Waals surface area contributed by atoms with Crippen LogP contribution in [-0.4, -0.2) is 28.6 Å². The van der Waals surface area contributed by atoms with Crippen molar-refractivity contribution in [2.24, 2.45) is 0 Å². The Hall–Kier alpha value is -1.32. The quantitative estimate of drug-likeness (QED) is 0.703. The maximum absolute atomic E-state index is 12.1. The fourth-order valence-corrected chi connectivity index (χ4v) is 2.04. The molecule has 4 nitrogen and oxygen atoms in total. The number of carbonyl (C=O) groups excluding carboxylic acids is 1. The lowest BCUT2D eigenvalue weighted by atomic mass is 10.0. The zero-order valence-electron chi connectivity index (χ0n) is 9.36. The van der Waals surface area contributed by atoms with Gasteiger partial charge in [0.15, 0.2) is 0 Å². The first-order chi connectivity index (χ1) is 7.11. The molecule has 0 N–H and O–H groups in total. The monoisotopic (exact) mass is 208 g/mol. The van der Waals surface area contributed by atoms with Gasteiger partial charge in [-0.1, -0.05) is 5.16 Å². The lowest BCUT2D eigenvalue weighted by Gasteiger charge is -2.26. The van der Waals surface area contributed by atoms with E-state index in [2.05, 4.69) is 5.16 Å². The van der Waals surface area contributed by atoms with Gasteiger partial charge in [-0.3, -0.25) is 4.79 Å². The minimum atomic E-state index is -0.129. The summed E-state index contributed by atoms with van der Waals surface area (Å²) in [5.74, 6) is 0.905. The van der Waals surface area contributed by atoms with Crippen LogP contribution in [0.4, 0.5) is 0 Å². The van der Waals surface area contributed by atoms with Crippen LogP contribution in [0.3, 0.4) is 0 Å². The minimum absolute atomic E-state index is 0.129. The second kappa shape index (κ2) is 3.68. The highest BCUT2D eigenvalue weighted by atomic mass is 16.5. The van der Waals surface area contributed by atoms with Gasteiger partial charge in [-0.15, -0.1) is 0 Å². The van der Waals surface area contributed by atoms with Crippen molar-refractivity contribution >= 4 is 5.91 Å². The fraction of sp³-hybridized carbons (Fsp3) is 0.636. The van der Waals surface area contributed by atoms with Gasteiger partial charge >= 0.3 is 0 Å². The van der Waals surface area contributed by atoms with Crippen LogP contribution in [0.1, 0.15) is 38.0 Å². The van der Waals surface area contributed by atoms with Crippen molar-refractivity contribution in [3.05, 3.63) is 17.5 Å². The second-order valence-corrected chi connectivity index (χ2v) is 4.30. The van der Waals surface area contributed by atoms with E-state index in [9.17, 15) is 4.79 Å². The fourth-order valence-electron chi connectivity index (χ4n) is 2.04. The van der Waals surface area contributed by atoms with Crippen LogP contribution in [-0.2, 0) is 11.2 Å². The SMILES string of the molecule is CC1C(=O)N(C(C)C)CCc2oncc21. The lowest BCUT2D eigenvalue weighted by molar-refractivity contribution is -0.133. The summed E-state index contributed by atoms with van der Waals surface area (Å²) in [5, 5.41) is 3.75. The highest BCUT2D eigenvalue weighted by molar-refractivity contribution is 5.84. The van der Waals surface area contributed by atoms with Crippen LogP contribution in [0.15, 0.2) is 10.7 Å². The van der Waals surface area contributed by atoms with Gasteiger partial charge in [0.1, 0.15) is 5.76 Å². The van der Waals surface area contributed by atoms with E-state index in [0.29, 0.717) is 0 Å². The van der Waals surface area contributed by atoms with Crippen LogP contribution in [0, 0.1) is 0 Å². The molecular formula is C11H16N2O2. The van der Waals surface area contributed by atoms with Crippen molar-refractivity contribution < 1.29 is 9.32 Å². The van der Waals surface area contributed by atoms with E-state index in [0.717, 1.165) is 24.3 Å². The Morgan fingerprint density at radius 1 is 1.60 bits per heavy atom. The van der Waals surface area contributed by atoms with Crippen molar-refractivity contribution in [1.29, 1.82) is 0 Å². The summed E-state index contributed by atoms with van der Waals surface area (Å²) in [6.07, 6.45) is 2.44. The predicted molar refractivity (Wildman–Crippen MR) is 55.5 cm³/mol. The third-order valence-corrected chi connectivity index (χ3v) is 3.00. The number of aromatic nitrogens is 1. The smallest absolute Gasteiger partial charge is 0.230 e. The van der Waals surface area contributed by atoms with E-state index < -0.39 is 0 Å². The summed E-state index contributed by atoms with van der Waals surface area (Å²) in [5.41, 5.74) is 0.947. The Morgan fingerprint density at radius 2 is 2.33 bits per heavy atom. The average Bonchev–Trinajstić information content (AvgIpc) is 2.60. The number of carbonyl (C=O) groups is 1. The highest BCUT2D eigenvalue weighted by Crippen LogP contribution is 2.26. The number of hydrogen-bond acceptors (Lipinski definition) is 3. The van der Waals surface area contributed by atoms with E-state index in [-0.39, 0.29) is 17.9 Å². The van der Waals surface area contributed by atoms with Gasteiger partial charge in [0.05, 0.1) is 12.1 Å². The molecule has 4 heteroatoms. The van der Waals surface area contributed by atoms with Gasteiger partial charge in [-0.2, -0.15) is 0 Å². The summed E-state index contributed by atoms with van der Waals surface area (Å²) in [4.78, 5) is 14.0. The molecule has 1 atom stereocenters. The van der Waals surface area contributed by atoms with Crippen molar-refractivity contribution in [3.63, 3.8) is 0 Å². The molecule has 1 amide bonds. The van der Waals surface area contributed by atoms with E-state index in [1.807, 2.05) is 25.7 Å². The topological polar surface area (TPSA) is 46.3 Å². The van der Waals surface area contributed by atoms with Crippen LogP contribution in [0.5, 0.6) is 0 Å². The maximum atomic E-state index is 12.1. The third-order valence-electron chi connectivity index (χ3n) is 3.00. The summed E-state index contributed by atoms with van der Waals surface area (Å²) < 4.78 is 5.15. The molecule has 2 heterocycles. The standard InChI is InChI=1S/C11H16N2O2/c1-7(2)13-5-4-10-9(6-12-15-10)8(3)11(13)14/h6-8H,4-5H2,1-3H3. The van der Waals surface area contributed by atoms with Crippen molar-refractivity contribution in [2.45, 2.75) is 39.2 Å². The molecule has 0 bridgehead atoms. The number of rotatable bonds is 1. The molecule has 0 spiro atoms. The first kappa shape index (κ1) is 10.2. The van der Waals surface area contributed by atoms with E-state index in [1.54, 1.807) is 6.20 Å². The highest BCUT2D eigenvalue weighted by Gasteiger charge is 2.30. The molecule has 1 aromatic rings. The molecule has 1 aromatic heterocycles. The molecule has 0 fully saturated rings. The maximum Gasteiger partial charge on any atom is 0.230 e. The summed E-state index contributed by atoms with van der Waals surface area (Å²) in [7, 11) is 0. The van der Waals surface area contributed by atoms with Gasteiger partial charge in [0, 0.05) is 24.6 Å². The van der Waals surface area contributed by atoms with Gasteiger partial charge < -0.3 is 9.42 Å². The van der Waals surface area contributed by atoms with Gasteiger partial charge in [-0.05, 0) is 20.8 Å². The third kappa shape index (κ3) is 1.64. The molecular weight excluding hydrogens is 192 g/mol. The largest absolute Gasteiger partial charge is 0.361 e. The molecule has 2 rings (SSSR count). The predicted octanol–water partition coefficient (Wildman–Crippen LogP) is 1.57. The summed E-state index contributed by atoms with van der Waals surface area (Å²) in [6.45, 7) is 6.72. The molecule has 0 aliphatic carbocycles. The van der Waals surface area contributed by atoms with Crippen LogP contribution in [0.25, 0.3) is 0 Å². The lowest BCUT2D eigenvalue weighted by Crippen LogP contribution is -2.39. The molecule has 82 valence electrons. The molecule has 1 aliphatic rings. The van der Waals surface area contributed by atoms with E-state index >= 15 is 0 Å². The second-order valence-electron chi connectivity index (χ2n) is 4.30. The molecule has 0 saturated carbocycles. The van der Waals surface area contributed by atoms with Gasteiger partial charge in [0.25, 0.3) is 0 Å². The average molecular weight is 208 g/mol.